The fourth-order valence-electron chi connectivity index (χ4n) is 4.09. The number of hydrogen-bond acceptors (Lipinski definition) is 2. The van der Waals surface area contributed by atoms with E-state index in [0.29, 0.717) is 0 Å². The van der Waals surface area contributed by atoms with Gasteiger partial charge in [-0.25, -0.2) is 0 Å². The minimum atomic E-state index is 0.720. The molecule has 0 fully saturated rings. The highest BCUT2D eigenvalue weighted by molar-refractivity contribution is 6.09. The molecular formula is C29H32O2. The molecule has 0 amide bonds. The molecule has 0 N–H and O–H groups in total. The maximum atomic E-state index is 6.34. The van der Waals surface area contributed by atoms with Gasteiger partial charge in [0.2, 0.25) is 0 Å². The average Bonchev–Trinajstić information content (AvgIpc) is 2.79. The molecule has 4 aromatic carbocycles. The third kappa shape index (κ3) is 4.54. The lowest BCUT2D eigenvalue weighted by Crippen LogP contribution is -2.02. The summed E-state index contributed by atoms with van der Waals surface area (Å²) in [6.07, 6.45) is 4.31. The van der Waals surface area contributed by atoms with Gasteiger partial charge in [0, 0.05) is 11.1 Å². The maximum absolute atomic E-state index is 6.34. The van der Waals surface area contributed by atoms with E-state index in [2.05, 4.69) is 87.5 Å². The average molecular weight is 413 g/mol. The van der Waals surface area contributed by atoms with E-state index in [1.807, 2.05) is 0 Å². The van der Waals surface area contributed by atoms with Crippen LogP contribution in [0.2, 0.25) is 0 Å². The van der Waals surface area contributed by atoms with Gasteiger partial charge >= 0.3 is 0 Å². The molecule has 2 nitrogen and oxygen atoms in total. The zero-order valence-corrected chi connectivity index (χ0v) is 18.9. The molecule has 31 heavy (non-hydrogen) atoms. The Morgan fingerprint density at radius 3 is 1.84 bits per heavy atom. The molecule has 4 rings (SSSR count). The number of benzene rings is 4. The van der Waals surface area contributed by atoms with Crippen molar-refractivity contribution >= 4 is 21.5 Å². The van der Waals surface area contributed by atoms with Crippen molar-refractivity contribution in [3.8, 4) is 22.6 Å². The Kier molecular flexibility index (Phi) is 6.76. The Hall–Kier alpha value is -3.00. The van der Waals surface area contributed by atoms with E-state index in [4.69, 9.17) is 9.47 Å². The fraction of sp³-hybridized carbons (Fsp3) is 0.310. The summed E-state index contributed by atoms with van der Waals surface area (Å²) in [5, 5.41) is 4.84. The minimum absolute atomic E-state index is 0.720. The zero-order valence-electron chi connectivity index (χ0n) is 18.9. The Labute approximate surface area is 185 Å². The number of rotatable bonds is 9. The summed E-state index contributed by atoms with van der Waals surface area (Å²) in [6.45, 7) is 7.96. The van der Waals surface area contributed by atoms with Crippen LogP contribution < -0.4 is 9.47 Å². The Balaban J connectivity index is 1.99. The molecule has 0 saturated carbocycles. The van der Waals surface area contributed by atoms with Crippen LogP contribution >= 0.6 is 0 Å². The van der Waals surface area contributed by atoms with Gasteiger partial charge in [0.1, 0.15) is 11.5 Å². The number of fused-ring (bicyclic) bond motifs is 2. The monoisotopic (exact) mass is 412 g/mol. The summed E-state index contributed by atoms with van der Waals surface area (Å²) in [7, 11) is 0. The normalized spacial score (nSPS) is 11.2. The summed E-state index contributed by atoms with van der Waals surface area (Å²) >= 11 is 0. The molecule has 0 unspecified atom stereocenters. The van der Waals surface area contributed by atoms with Gasteiger partial charge in [-0.1, -0.05) is 86.8 Å². The van der Waals surface area contributed by atoms with E-state index in [-0.39, 0.29) is 0 Å². The molecule has 4 aromatic rings. The summed E-state index contributed by atoms with van der Waals surface area (Å²) < 4.78 is 12.7. The smallest absolute Gasteiger partial charge is 0.127 e. The van der Waals surface area contributed by atoms with Crippen LogP contribution in [0.4, 0.5) is 0 Å². The Morgan fingerprint density at radius 1 is 0.613 bits per heavy atom. The SMILES string of the molecule is CCCCOc1ccc2ccccc2c1-c1c(OCCCC)ccc2cc(C)ccc12. The van der Waals surface area contributed by atoms with Gasteiger partial charge in [-0.15, -0.1) is 0 Å². The topological polar surface area (TPSA) is 18.5 Å². The first-order valence-corrected chi connectivity index (χ1v) is 11.5. The summed E-state index contributed by atoms with van der Waals surface area (Å²) in [6, 6.07) is 23.8. The van der Waals surface area contributed by atoms with Gasteiger partial charge in [-0.3, -0.25) is 0 Å². The molecule has 0 aromatic heterocycles. The van der Waals surface area contributed by atoms with Crippen molar-refractivity contribution in [2.45, 2.75) is 46.5 Å². The lowest BCUT2D eigenvalue weighted by Gasteiger charge is -2.20. The predicted molar refractivity (Wildman–Crippen MR) is 132 cm³/mol. The van der Waals surface area contributed by atoms with Crippen LogP contribution in [0.5, 0.6) is 11.5 Å². The van der Waals surface area contributed by atoms with E-state index in [1.165, 1.54) is 27.1 Å². The van der Waals surface area contributed by atoms with Crippen molar-refractivity contribution in [1.82, 2.24) is 0 Å². The number of unbranched alkanes of at least 4 members (excludes halogenated alkanes) is 2. The molecule has 0 aliphatic heterocycles. The first kappa shape index (κ1) is 21.2. The van der Waals surface area contributed by atoms with E-state index >= 15 is 0 Å². The molecule has 0 aliphatic carbocycles. The number of hydrogen-bond donors (Lipinski definition) is 0. The molecule has 0 atom stereocenters. The van der Waals surface area contributed by atoms with Crippen molar-refractivity contribution < 1.29 is 9.47 Å². The van der Waals surface area contributed by atoms with Crippen molar-refractivity contribution in [3.05, 3.63) is 72.3 Å². The van der Waals surface area contributed by atoms with Crippen molar-refractivity contribution in [2.75, 3.05) is 13.2 Å². The van der Waals surface area contributed by atoms with Gasteiger partial charge in [0.05, 0.1) is 13.2 Å². The van der Waals surface area contributed by atoms with Crippen LogP contribution in [0.1, 0.15) is 45.1 Å². The Morgan fingerprint density at radius 2 is 1.19 bits per heavy atom. The predicted octanol–water partition coefficient (Wildman–Crippen LogP) is 8.33. The summed E-state index contributed by atoms with van der Waals surface area (Å²) in [5.41, 5.74) is 3.53. The molecule has 2 heteroatoms. The van der Waals surface area contributed by atoms with Crippen molar-refractivity contribution in [2.24, 2.45) is 0 Å². The second kappa shape index (κ2) is 9.87. The second-order valence-corrected chi connectivity index (χ2v) is 8.23. The zero-order chi connectivity index (χ0) is 21.6. The van der Waals surface area contributed by atoms with Crippen LogP contribution in [0.25, 0.3) is 32.7 Å². The fourth-order valence-corrected chi connectivity index (χ4v) is 4.09. The molecule has 0 heterocycles. The van der Waals surface area contributed by atoms with Crippen LogP contribution in [0.3, 0.4) is 0 Å². The quantitative estimate of drug-likeness (QED) is 0.257. The third-order valence-corrected chi connectivity index (χ3v) is 5.79. The highest BCUT2D eigenvalue weighted by Crippen LogP contribution is 2.45. The van der Waals surface area contributed by atoms with Crippen LogP contribution in [-0.2, 0) is 0 Å². The summed E-state index contributed by atoms with van der Waals surface area (Å²) in [5.74, 6) is 1.86. The van der Waals surface area contributed by atoms with Gasteiger partial charge in [0.15, 0.2) is 0 Å². The minimum Gasteiger partial charge on any atom is -0.493 e. The third-order valence-electron chi connectivity index (χ3n) is 5.79. The lowest BCUT2D eigenvalue weighted by atomic mass is 9.91. The largest absolute Gasteiger partial charge is 0.493 e. The molecule has 0 radical (unpaired) electrons. The highest BCUT2D eigenvalue weighted by atomic mass is 16.5. The van der Waals surface area contributed by atoms with Crippen molar-refractivity contribution in [3.63, 3.8) is 0 Å². The van der Waals surface area contributed by atoms with Crippen LogP contribution in [0.15, 0.2) is 66.7 Å². The van der Waals surface area contributed by atoms with E-state index in [1.54, 1.807) is 0 Å². The lowest BCUT2D eigenvalue weighted by molar-refractivity contribution is 0.306. The van der Waals surface area contributed by atoms with Crippen molar-refractivity contribution in [1.29, 1.82) is 0 Å². The number of aryl methyl sites for hydroxylation is 1. The molecular weight excluding hydrogens is 380 g/mol. The molecule has 0 bridgehead atoms. The van der Waals surface area contributed by atoms with E-state index < -0.39 is 0 Å². The first-order valence-electron chi connectivity index (χ1n) is 11.5. The molecule has 0 saturated heterocycles. The maximum Gasteiger partial charge on any atom is 0.127 e. The van der Waals surface area contributed by atoms with E-state index in [9.17, 15) is 0 Å². The first-order chi connectivity index (χ1) is 15.2. The van der Waals surface area contributed by atoms with E-state index in [0.717, 1.165) is 61.5 Å². The molecule has 0 spiro atoms. The molecule has 0 aliphatic rings. The molecule has 160 valence electrons. The summed E-state index contributed by atoms with van der Waals surface area (Å²) in [4.78, 5) is 0. The van der Waals surface area contributed by atoms with Crippen LogP contribution in [0, 0.1) is 6.92 Å². The van der Waals surface area contributed by atoms with Gasteiger partial charge in [0.25, 0.3) is 0 Å². The van der Waals surface area contributed by atoms with Crippen LogP contribution in [-0.4, -0.2) is 13.2 Å². The van der Waals surface area contributed by atoms with Gasteiger partial charge in [-0.2, -0.15) is 0 Å². The van der Waals surface area contributed by atoms with Gasteiger partial charge < -0.3 is 9.47 Å². The standard InChI is InChI=1S/C29H32O2/c1-4-6-18-30-26-16-13-22-10-8-9-11-24(22)28(26)29-25-15-12-21(3)20-23(25)14-17-27(29)31-19-7-5-2/h8-17,20H,4-7,18-19H2,1-3H3. The second-order valence-electron chi connectivity index (χ2n) is 8.23. The highest BCUT2D eigenvalue weighted by Gasteiger charge is 2.19. The van der Waals surface area contributed by atoms with Gasteiger partial charge in [-0.05, 0) is 53.4 Å². The Bertz CT molecular complexity index is 1180. The number of ether oxygens (including phenoxy) is 2.